The minimum absolute atomic E-state index is 0.0885. The standard InChI is InChI=1S/C19H19NO4/c21-10-16-11-23-18-9-15(7-8-17(18)24-16)20-19(22)14-5-3-13(4-6-14)12-1-2-12/h3-9,12,16,21H,1-2,10-11H2,(H,20,22)/t16-/m1/s1. The van der Waals surface area contributed by atoms with Gasteiger partial charge in [-0.2, -0.15) is 0 Å². The first-order valence-electron chi connectivity index (χ1n) is 8.18. The van der Waals surface area contributed by atoms with Crippen LogP contribution in [-0.4, -0.2) is 30.3 Å². The van der Waals surface area contributed by atoms with E-state index in [0.29, 0.717) is 35.3 Å². The van der Waals surface area contributed by atoms with Gasteiger partial charge in [-0.1, -0.05) is 12.1 Å². The summed E-state index contributed by atoms with van der Waals surface area (Å²) >= 11 is 0. The van der Waals surface area contributed by atoms with Crippen LogP contribution in [0, 0.1) is 0 Å². The smallest absolute Gasteiger partial charge is 0.255 e. The van der Waals surface area contributed by atoms with Gasteiger partial charge in [-0.15, -0.1) is 0 Å². The molecular formula is C19H19NO4. The van der Waals surface area contributed by atoms with Crippen molar-refractivity contribution in [3.63, 3.8) is 0 Å². The lowest BCUT2D eigenvalue weighted by atomic mass is 10.1. The third-order valence-electron chi connectivity index (χ3n) is 4.35. The second-order valence-electron chi connectivity index (χ2n) is 6.25. The van der Waals surface area contributed by atoms with E-state index < -0.39 is 0 Å². The number of hydrogen-bond donors (Lipinski definition) is 2. The van der Waals surface area contributed by atoms with Crippen LogP contribution in [0.4, 0.5) is 5.69 Å². The fourth-order valence-electron chi connectivity index (χ4n) is 2.81. The SMILES string of the molecule is O=C(Nc1ccc2c(c1)OC[C@@H](CO)O2)c1ccc(C2CC2)cc1. The van der Waals surface area contributed by atoms with Crippen LogP contribution in [0.5, 0.6) is 11.5 Å². The quantitative estimate of drug-likeness (QED) is 0.907. The van der Waals surface area contributed by atoms with Crippen LogP contribution in [0.25, 0.3) is 0 Å². The molecule has 24 heavy (non-hydrogen) atoms. The van der Waals surface area contributed by atoms with Crippen LogP contribution < -0.4 is 14.8 Å². The normalized spacial score (nSPS) is 19.0. The first-order valence-corrected chi connectivity index (χ1v) is 8.18. The first-order chi connectivity index (χ1) is 11.7. The molecule has 2 N–H and O–H groups in total. The number of carbonyl (C=O) groups excluding carboxylic acids is 1. The lowest BCUT2D eigenvalue weighted by molar-refractivity contribution is 0.0457. The first kappa shape index (κ1) is 15.0. The van der Waals surface area contributed by atoms with Gasteiger partial charge in [-0.3, -0.25) is 4.79 Å². The molecule has 0 unspecified atom stereocenters. The molecule has 2 aliphatic rings. The van der Waals surface area contributed by atoms with E-state index in [2.05, 4.69) is 5.32 Å². The summed E-state index contributed by atoms with van der Waals surface area (Å²) < 4.78 is 11.1. The molecule has 1 amide bonds. The molecule has 1 heterocycles. The number of fused-ring (bicyclic) bond motifs is 1. The molecule has 1 atom stereocenters. The Morgan fingerprint density at radius 3 is 2.62 bits per heavy atom. The van der Waals surface area contributed by atoms with Crippen LogP contribution in [0.15, 0.2) is 42.5 Å². The average molecular weight is 325 g/mol. The predicted molar refractivity (Wildman–Crippen MR) is 89.8 cm³/mol. The average Bonchev–Trinajstić information content (AvgIpc) is 3.46. The molecule has 0 radical (unpaired) electrons. The molecule has 1 saturated carbocycles. The molecule has 124 valence electrons. The van der Waals surface area contributed by atoms with Crippen LogP contribution in [0.2, 0.25) is 0 Å². The minimum atomic E-state index is -0.345. The molecule has 1 aliphatic heterocycles. The van der Waals surface area contributed by atoms with Crippen LogP contribution in [0.1, 0.15) is 34.7 Å². The lowest BCUT2D eigenvalue weighted by Gasteiger charge is -2.25. The van der Waals surface area contributed by atoms with Gasteiger partial charge in [0.2, 0.25) is 0 Å². The number of amides is 1. The number of anilines is 1. The summed E-state index contributed by atoms with van der Waals surface area (Å²) in [6.45, 7) is 0.207. The highest BCUT2D eigenvalue weighted by molar-refractivity contribution is 6.04. The van der Waals surface area contributed by atoms with Gasteiger partial charge in [0.1, 0.15) is 6.61 Å². The monoisotopic (exact) mass is 325 g/mol. The predicted octanol–water partition coefficient (Wildman–Crippen LogP) is 2.95. The van der Waals surface area contributed by atoms with Gasteiger partial charge in [-0.05, 0) is 48.6 Å². The molecule has 0 spiro atoms. The van der Waals surface area contributed by atoms with E-state index in [-0.39, 0.29) is 18.6 Å². The zero-order valence-corrected chi connectivity index (χ0v) is 13.2. The summed E-state index contributed by atoms with van der Waals surface area (Å²) in [5, 5.41) is 12.0. The topological polar surface area (TPSA) is 67.8 Å². The highest BCUT2D eigenvalue weighted by Crippen LogP contribution is 2.40. The molecule has 0 saturated heterocycles. The van der Waals surface area contributed by atoms with Gasteiger partial charge < -0.3 is 19.9 Å². The Kier molecular flexibility index (Phi) is 3.86. The molecule has 2 aromatic carbocycles. The molecule has 5 heteroatoms. The van der Waals surface area contributed by atoms with Gasteiger partial charge >= 0.3 is 0 Å². The molecule has 0 aromatic heterocycles. The van der Waals surface area contributed by atoms with Gasteiger partial charge in [0.05, 0.1) is 6.61 Å². The third kappa shape index (κ3) is 3.08. The highest BCUT2D eigenvalue weighted by Gasteiger charge is 2.23. The zero-order chi connectivity index (χ0) is 16.5. The second-order valence-corrected chi connectivity index (χ2v) is 6.25. The molecule has 1 aliphatic carbocycles. The molecular weight excluding hydrogens is 306 g/mol. The van der Waals surface area contributed by atoms with E-state index in [1.54, 1.807) is 18.2 Å². The number of aliphatic hydroxyl groups excluding tert-OH is 1. The number of carbonyl (C=O) groups is 1. The molecule has 1 fully saturated rings. The Morgan fingerprint density at radius 1 is 1.12 bits per heavy atom. The maximum atomic E-state index is 12.4. The van der Waals surface area contributed by atoms with E-state index in [9.17, 15) is 4.79 Å². The van der Waals surface area contributed by atoms with Crippen LogP contribution in [0.3, 0.4) is 0 Å². The van der Waals surface area contributed by atoms with Gasteiger partial charge in [0.15, 0.2) is 17.6 Å². The summed E-state index contributed by atoms with van der Waals surface area (Å²) in [7, 11) is 0. The van der Waals surface area contributed by atoms with Gasteiger partial charge in [-0.25, -0.2) is 0 Å². The number of ether oxygens (including phenoxy) is 2. The van der Waals surface area contributed by atoms with Crippen LogP contribution in [-0.2, 0) is 0 Å². The summed E-state index contributed by atoms with van der Waals surface area (Å²) in [6, 6.07) is 13.0. The van der Waals surface area contributed by atoms with E-state index in [1.807, 2.05) is 24.3 Å². The maximum Gasteiger partial charge on any atom is 0.255 e. The summed E-state index contributed by atoms with van der Waals surface area (Å²) in [6.07, 6.45) is 2.16. The van der Waals surface area contributed by atoms with E-state index >= 15 is 0 Å². The minimum Gasteiger partial charge on any atom is -0.486 e. The van der Waals surface area contributed by atoms with Crippen molar-refractivity contribution in [3.05, 3.63) is 53.6 Å². The molecule has 4 rings (SSSR count). The number of rotatable bonds is 4. The van der Waals surface area contributed by atoms with Crippen molar-refractivity contribution in [2.75, 3.05) is 18.5 Å². The van der Waals surface area contributed by atoms with E-state index in [1.165, 1.54) is 18.4 Å². The summed E-state index contributed by atoms with van der Waals surface area (Å²) in [4.78, 5) is 12.4. The number of aliphatic hydroxyl groups is 1. The third-order valence-corrected chi connectivity index (χ3v) is 4.35. The van der Waals surface area contributed by atoms with Gasteiger partial charge in [0.25, 0.3) is 5.91 Å². The Hall–Kier alpha value is -2.53. The van der Waals surface area contributed by atoms with Crippen molar-refractivity contribution in [2.24, 2.45) is 0 Å². The van der Waals surface area contributed by atoms with Crippen LogP contribution >= 0.6 is 0 Å². The van der Waals surface area contributed by atoms with Crippen molar-refractivity contribution >= 4 is 11.6 Å². The summed E-state index contributed by atoms with van der Waals surface area (Å²) in [5.41, 5.74) is 2.59. The molecule has 2 aromatic rings. The van der Waals surface area contributed by atoms with Crippen molar-refractivity contribution in [1.82, 2.24) is 0 Å². The maximum absolute atomic E-state index is 12.4. The van der Waals surface area contributed by atoms with Crippen molar-refractivity contribution in [2.45, 2.75) is 24.9 Å². The number of nitrogens with one attached hydrogen (secondary N) is 1. The Balaban J connectivity index is 1.45. The second kappa shape index (κ2) is 6.17. The largest absolute Gasteiger partial charge is 0.486 e. The van der Waals surface area contributed by atoms with E-state index in [0.717, 1.165) is 0 Å². The van der Waals surface area contributed by atoms with Crippen molar-refractivity contribution in [1.29, 1.82) is 0 Å². The zero-order valence-electron chi connectivity index (χ0n) is 13.2. The Bertz CT molecular complexity index is 752. The van der Waals surface area contributed by atoms with Gasteiger partial charge in [0, 0.05) is 17.3 Å². The summed E-state index contributed by atoms with van der Waals surface area (Å²) in [5.74, 6) is 1.68. The molecule has 0 bridgehead atoms. The lowest BCUT2D eigenvalue weighted by Crippen LogP contribution is -2.32. The Morgan fingerprint density at radius 2 is 1.92 bits per heavy atom. The Labute approximate surface area is 140 Å². The highest BCUT2D eigenvalue weighted by atomic mass is 16.6. The van der Waals surface area contributed by atoms with E-state index in [4.69, 9.17) is 14.6 Å². The number of hydrogen-bond acceptors (Lipinski definition) is 4. The fourth-order valence-corrected chi connectivity index (χ4v) is 2.81. The molecule has 5 nitrogen and oxygen atoms in total. The van der Waals surface area contributed by atoms with Crippen molar-refractivity contribution < 1.29 is 19.4 Å². The fraction of sp³-hybridized carbons (Fsp3) is 0.316. The number of benzene rings is 2. The van der Waals surface area contributed by atoms with Crippen molar-refractivity contribution in [3.8, 4) is 11.5 Å².